The lowest BCUT2D eigenvalue weighted by molar-refractivity contribution is -0.157. The highest BCUT2D eigenvalue weighted by Crippen LogP contribution is 2.51. The molecule has 1 fully saturated rings. The van der Waals surface area contributed by atoms with Crippen LogP contribution < -0.4 is 0 Å². The van der Waals surface area contributed by atoms with Crippen LogP contribution in [-0.2, 0) is 15.1 Å². The average Bonchev–Trinajstić information content (AvgIpc) is 3.03. The number of halogens is 1. The molecule has 1 N–H and O–H groups in total. The number of aliphatic hydroxyl groups is 1. The van der Waals surface area contributed by atoms with Crippen LogP contribution in [-0.4, -0.2) is 28.2 Å². The minimum Gasteiger partial charge on any atom is -0.469 e. The summed E-state index contributed by atoms with van der Waals surface area (Å²) in [5, 5.41) is 12.0. The Morgan fingerprint density at radius 2 is 2.15 bits per heavy atom. The maximum atomic E-state index is 12.1. The summed E-state index contributed by atoms with van der Waals surface area (Å²) >= 11 is 4.89. The number of nitrogens with zero attached hydrogens (tertiary/aromatic N) is 2. The molecule has 2 heterocycles. The van der Waals surface area contributed by atoms with E-state index in [4.69, 9.17) is 4.74 Å². The van der Waals surface area contributed by atoms with Crippen molar-refractivity contribution in [2.45, 2.75) is 45.6 Å². The molecule has 0 saturated heterocycles. The van der Waals surface area contributed by atoms with Gasteiger partial charge in [0.25, 0.3) is 0 Å². The molecule has 0 spiro atoms. The summed E-state index contributed by atoms with van der Waals surface area (Å²) in [6.45, 7) is 6.03. The van der Waals surface area contributed by atoms with E-state index in [1.807, 2.05) is 32.9 Å². The van der Waals surface area contributed by atoms with Crippen molar-refractivity contribution in [3.05, 3.63) is 33.5 Å². The van der Waals surface area contributed by atoms with E-state index in [0.717, 1.165) is 20.7 Å². The van der Waals surface area contributed by atoms with E-state index in [-0.39, 0.29) is 17.3 Å². The predicted octanol–water partition coefficient (Wildman–Crippen LogP) is 4.46. The number of carbonyl (C=O) groups excluding carboxylic acids is 1. The summed E-state index contributed by atoms with van der Waals surface area (Å²) in [7, 11) is 1.42. The first-order valence-electron chi connectivity index (χ1n) is 8.56. The lowest BCUT2D eigenvalue weighted by atomic mass is 9.63. The molecule has 2 atom stereocenters. The zero-order valence-corrected chi connectivity index (χ0v) is 17.8. The molecule has 3 rings (SSSR count). The summed E-state index contributed by atoms with van der Waals surface area (Å²) in [4.78, 5) is 22.0. The van der Waals surface area contributed by atoms with E-state index in [2.05, 4.69) is 25.9 Å². The number of pyridine rings is 1. The number of rotatable bonds is 3. The van der Waals surface area contributed by atoms with Crippen LogP contribution in [0.5, 0.6) is 0 Å². The Hall–Kier alpha value is -1.31. The van der Waals surface area contributed by atoms with Crippen LogP contribution >= 0.6 is 27.3 Å². The Morgan fingerprint density at radius 1 is 1.42 bits per heavy atom. The highest BCUT2D eigenvalue weighted by Gasteiger charge is 2.49. The molecule has 0 bridgehead atoms. The molecule has 1 saturated carbocycles. The highest BCUT2D eigenvalue weighted by molar-refractivity contribution is 9.10. The van der Waals surface area contributed by atoms with Gasteiger partial charge in [-0.15, -0.1) is 11.3 Å². The van der Waals surface area contributed by atoms with Gasteiger partial charge in [0.2, 0.25) is 0 Å². The van der Waals surface area contributed by atoms with E-state index in [0.29, 0.717) is 24.3 Å². The second-order valence-electron chi connectivity index (χ2n) is 7.69. The molecule has 140 valence electrons. The molecule has 0 aliphatic heterocycles. The maximum absolute atomic E-state index is 12.1. The quantitative estimate of drug-likeness (QED) is 0.565. The van der Waals surface area contributed by atoms with Gasteiger partial charge in [0, 0.05) is 6.20 Å². The zero-order chi connectivity index (χ0) is 19.1. The van der Waals surface area contributed by atoms with Crippen LogP contribution in [0.3, 0.4) is 0 Å². The van der Waals surface area contributed by atoms with Crippen molar-refractivity contribution in [2.24, 2.45) is 11.3 Å². The molecule has 0 aromatic carbocycles. The van der Waals surface area contributed by atoms with Gasteiger partial charge in [0.1, 0.15) is 15.2 Å². The normalized spacial score (nSPS) is 25.1. The van der Waals surface area contributed by atoms with Crippen LogP contribution in [0.25, 0.3) is 10.6 Å². The number of esters is 1. The first-order valence-corrected chi connectivity index (χ1v) is 10.2. The maximum Gasteiger partial charge on any atom is 0.309 e. The third-order valence-electron chi connectivity index (χ3n) is 5.12. The lowest BCUT2D eigenvalue weighted by Crippen LogP contribution is -2.45. The van der Waals surface area contributed by atoms with Crippen molar-refractivity contribution >= 4 is 33.2 Å². The van der Waals surface area contributed by atoms with Crippen LogP contribution in [0.15, 0.2) is 22.9 Å². The molecule has 0 amide bonds. The van der Waals surface area contributed by atoms with Crippen molar-refractivity contribution in [2.75, 3.05) is 7.11 Å². The second kappa shape index (κ2) is 7.02. The number of methoxy groups -OCH3 is 1. The van der Waals surface area contributed by atoms with Crippen molar-refractivity contribution in [1.82, 2.24) is 9.97 Å². The molecule has 7 heteroatoms. The van der Waals surface area contributed by atoms with Gasteiger partial charge < -0.3 is 9.84 Å². The molecular weight excluding hydrogens is 416 g/mol. The molecule has 0 radical (unpaired) electrons. The summed E-state index contributed by atoms with van der Waals surface area (Å²) in [5.74, 6) is -0.410. The molecule has 1 aliphatic carbocycles. The van der Waals surface area contributed by atoms with Crippen molar-refractivity contribution in [1.29, 1.82) is 0 Å². The van der Waals surface area contributed by atoms with Gasteiger partial charge in [-0.25, -0.2) is 9.97 Å². The smallest absolute Gasteiger partial charge is 0.309 e. The van der Waals surface area contributed by atoms with Crippen LogP contribution in [0.1, 0.15) is 43.7 Å². The monoisotopic (exact) mass is 438 g/mol. The second-order valence-corrected chi connectivity index (χ2v) is 9.54. The molecule has 5 nitrogen and oxygen atoms in total. The number of hydrogen-bond donors (Lipinski definition) is 1. The summed E-state index contributed by atoms with van der Waals surface area (Å²) in [6.07, 6.45) is 3.32. The van der Waals surface area contributed by atoms with Crippen LogP contribution in [0.4, 0.5) is 0 Å². The standard InChI is InChI=1S/C19H23BrN2O3S/c1-11-7-13(22-15(20)8-11)14-9-21-17(26-14)19(24)6-5-12(16(23)25-4)18(2,3)10-19/h7-9,12,24H,5-6,10H2,1-4H3/t12-,19-/m1/s1. The van der Waals surface area contributed by atoms with E-state index in [1.165, 1.54) is 18.4 Å². The number of hydrogen-bond acceptors (Lipinski definition) is 6. The fourth-order valence-corrected chi connectivity index (χ4v) is 5.40. The van der Waals surface area contributed by atoms with Gasteiger partial charge in [-0.05, 0) is 65.2 Å². The Balaban J connectivity index is 1.88. The number of thiazole rings is 1. The highest BCUT2D eigenvalue weighted by atomic mass is 79.9. The molecule has 1 aliphatic rings. The van der Waals surface area contributed by atoms with Gasteiger partial charge in [-0.2, -0.15) is 0 Å². The van der Waals surface area contributed by atoms with Gasteiger partial charge in [-0.3, -0.25) is 4.79 Å². The minimum atomic E-state index is -1.03. The number of aryl methyl sites for hydroxylation is 1. The molecular formula is C19H23BrN2O3S. The average molecular weight is 439 g/mol. The van der Waals surface area contributed by atoms with Crippen LogP contribution in [0, 0.1) is 18.3 Å². The van der Waals surface area contributed by atoms with Crippen LogP contribution in [0.2, 0.25) is 0 Å². The summed E-state index contributed by atoms with van der Waals surface area (Å²) < 4.78 is 5.72. The summed E-state index contributed by atoms with van der Waals surface area (Å²) in [5.41, 5.74) is 0.552. The van der Waals surface area contributed by atoms with Gasteiger partial charge in [0.05, 0.1) is 23.6 Å². The third kappa shape index (κ3) is 3.70. The first-order chi connectivity index (χ1) is 12.1. The molecule has 2 aromatic rings. The number of carbonyl (C=O) groups is 1. The van der Waals surface area contributed by atoms with Crippen molar-refractivity contribution < 1.29 is 14.6 Å². The van der Waals surface area contributed by atoms with E-state index < -0.39 is 5.60 Å². The van der Waals surface area contributed by atoms with Gasteiger partial charge in [0.15, 0.2) is 0 Å². The Kier molecular flexibility index (Phi) is 5.25. The van der Waals surface area contributed by atoms with E-state index >= 15 is 0 Å². The largest absolute Gasteiger partial charge is 0.469 e. The van der Waals surface area contributed by atoms with Gasteiger partial charge >= 0.3 is 5.97 Å². The molecule has 0 unspecified atom stereocenters. The number of ether oxygens (including phenoxy) is 1. The SMILES string of the molecule is COC(=O)[C@H]1CC[C@](O)(c2ncc(-c3cc(C)cc(Br)n3)s2)CC1(C)C. The summed E-state index contributed by atoms with van der Waals surface area (Å²) in [6, 6.07) is 3.96. The Morgan fingerprint density at radius 3 is 2.77 bits per heavy atom. The first kappa shape index (κ1) is 19.5. The van der Waals surface area contributed by atoms with E-state index in [9.17, 15) is 9.90 Å². The fourth-order valence-electron chi connectivity index (χ4n) is 3.86. The van der Waals surface area contributed by atoms with Crippen molar-refractivity contribution in [3.8, 4) is 10.6 Å². The third-order valence-corrected chi connectivity index (χ3v) is 6.74. The zero-order valence-electron chi connectivity index (χ0n) is 15.4. The predicted molar refractivity (Wildman–Crippen MR) is 105 cm³/mol. The Labute approximate surface area is 166 Å². The fraction of sp³-hybridized carbons (Fsp3) is 0.526. The van der Waals surface area contributed by atoms with Crippen molar-refractivity contribution in [3.63, 3.8) is 0 Å². The molecule has 26 heavy (non-hydrogen) atoms. The van der Waals surface area contributed by atoms with E-state index in [1.54, 1.807) is 6.20 Å². The number of aromatic nitrogens is 2. The van der Waals surface area contributed by atoms with Gasteiger partial charge in [-0.1, -0.05) is 13.8 Å². The minimum absolute atomic E-state index is 0.203. The molecule has 2 aromatic heterocycles. The Bertz CT molecular complexity index is 816. The lowest BCUT2D eigenvalue weighted by Gasteiger charge is -2.44. The topological polar surface area (TPSA) is 72.3 Å².